The van der Waals surface area contributed by atoms with Gasteiger partial charge in [-0.3, -0.25) is 9.59 Å². The van der Waals surface area contributed by atoms with Crippen molar-refractivity contribution in [3.63, 3.8) is 0 Å². The fourth-order valence-electron chi connectivity index (χ4n) is 5.54. The Morgan fingerprint density at radius 2 is 2.00 bits per heavy atom. The third-order valence-electron chi connectivity index (χ3n) is 7.61. The minimum Gasteiger partial charge on any atom is -0.342 e. The maximum atomic E-state index is 13.9. The summed E-state index contributed by atoms with van der Waals surface area (Å²) in [7, 11) is 0. The number of imidazole rings is 1. The Balaban J connectivity index is 1.44. The zero-order chi connectivity index (χ0) is 22.3. The molecule has 0 radical (unpaired) electrons. The van der Waals surface area contributed by atoms with E-state index in [1.165, 1.54) is 12.8 Å². The molecule has 2 amide bonds. The summed E-state index contributed by atoms with van der Waals surface area (Å²) >= 11 is 0. The van der Waals surface area contributed by atoms with Gasteiger partial charge in [-0.15, -0.1) is 0 Å². The molecule has 3 fully saturated rings. The van der Waals surface area contributed by atoms with Gasteiger partial charge in [-0.05, 0) is 51.0 Å². The van der Waals surface area contributed by atoms with Crippen molar-refractivity contribution in [1.82, 2.24) is 19.4 Å². The molecule has 2 atom stereocenters. The van der Waals surface area contributed by atoms with E-state index in [-0.39, 0.29) is 17.7 Å². The lowest BCUT2D eigenvalue weighted by Crippen LogP contribution is -2.53. The van der Waals surface area contributed by atoms with E-state index in [0.29, 0.717) is 31.5 Å². The Labute approximate surface area is 190 Å². The van der Waals surface area contributed by atoms with E-state index in [2.05, 4.69) is 29.5 Å². The van der Waals surface area contributed by atoms with Crippen molar-refractivity contribution in [2.75, 3.05) is 26.2 Å². The molecule has 2 aliphatic heterocycles. The number of hydrogen-bond acceptors (Lipinski definition) is 3. The summed E-state index contributed by atoms with van der Waals surface area (Å²) in [6, 6.07) is 10.2. The van der Waals surface area contributed by atoms with Gasteiger partial charge in [0.25, 0.3) is 0 Å². The second-order valence-electron chi connectivity index (χ2n) is 10.3. The van der Waals surface area contributed by atoms with Gasteiger partial charge in [-0.2, -0.15) is 0 Å². The lowest BCUT2D eigenvalue weighted by atomic mass is 9.70. The molecule has 1 spiro atoms. The van der Waals surface area contributed by atoms with Crippen LogP contribution >= 0.6 is 0 Å². The van der Waals surface area contributed by atoms with Crippen LogP contribution in [0.1, 0.15) is 62.7 Å². The highest BCUT2D eigenvalue weighted by molar-refractivity contribution is 5.88. The van der Waals surface area contributed by atoms with Crippen molar-refractivity contribution in [3.05, 3.63) is 54.1 Å². The van der Waals surface area contributed by atoms with Gasteiger partial charge in [-0.25, -0.2) is 4.98 Å². The van der Waals surface area contributed by atoms with E-state index in [9.17, 15) is 9.59 Å². The molecule has 0 unspecified atom stereocenters. The molecule has 0 bridgehead atoms. The summed E-state index contributed by atoms with van der Waals surface area (Å²) in [6.45, 7) is 7.08. The van der Waals surface area contributed by atoms with Crippen LogP contribution < -0.4 is 0 Å². The second kappa shape index (κ2) is 8.38. The number of carbonyl (C=O) groups is 2. The lowest BCUT2D eigenvalue weighted by molar-refractivity contribution is -0.147. The average Bonchev–Trinajstić information content (AvgIpc) is 3.31. The predicted molar refractivity (Wildman–Crippen MR) is 123 cm³/mol. The van der Waals surface area contributed by atoms with E-state index in [1.807, 2.05) is 41.6 Å². The highest BCUT2D eigenvalue weighted by Gasteiger charge is 2.57. The number of aromatic nitrogens is 2. The molecule has 5 rings (SSSR count). The summed E-state index contributed by atoms with van der Waals surface area (Å²) in [5.74, 6) is 0.977. The number of nitrogens with zero attached hydrogens (tertiary/aromatic N) is 4. The molecule has 3 heterocycles. The zero-order valence-electron chi connectivity index (χ0n) is 19.2. The number of likely N-dealkylation sites (tertiary alicyclic amines) is 2. The van der Waals surface area contributed by atoms with E-state index >= 15 is 0 Å². The van der Waals surface area contributed by atoms with Gasteiger partial charge in [0.2, 0.25) is 11.8 Å². The summed E-state index contributed by atoms with van der Waals surface area (Å²) in [6.07, 6.45) is 8.65. The van der Waals surface area contributed by atoms with Crippen molar-refractivity contribution < 1.29 is 9.59 Å². The smallest absolute Gasteiger partial charge is 0.231 e. The summed E-state index contributed by atoms with van der Waals surface area (Å²) in [4.78, 5) is 36.0. The first-order valence-corrected chi connectivity index (χ1v) is 12.1. The van der Waals surface area contributed by atoms with Gasteiger partial charge in [0.15, 0.2) is 0 Å². The first-order chi connectivity index (χ1) is 15.5. The monoisotopic (exact) mass is 434 g/mol. The molecule has 3 aliphatic rings. The van der Waals surface area contributed by atoms with Crippen LogP contribution in [0.2, 0.25) is 0 Å². The second-order valence-corrected chi connectivity index (χ2v) is 10.3. The van der Waals surface area contributed by atoms with E-state index in [0.717, 1.165) is 37.2 Å². The SMILES string of the molecule is CC(C)n1cnc([C@H]2CN(C(=O)Cc3ccccc3)C[C@]23CCCN(CC2CC2)C3=O)c1. The van der Waals surface area contributed by atoms with Gasteiger partial charge < -0.3 is 14.4 Å². The standard InChI is InChI=1S/C26H34N4O2/c1-19(2)30-16-23(27-18-30)22-15-29(24(31)13-20-7-4-3-5-8-20)17-26(22)11-6-12-28(25(26)32)14-21-9-10-21/h3-5,7-8,16,18-19,21-22H,6,9-15,17H2,1-2H3/t22-,26-/m1/s1. The maximum absolute atomic E-state index is 13.9. The minimum absolute atomic E-state index is 0.0447. The Morgan fingerprint density at radius 3 is 2.69 bits per heavy atom. The quantitative estimate of drug-likeness (QED) is 0.697. The van der Waals surface area contributed by atoms with Crippen LogP contribution in [0.4, 0.5) is 0 Å². The van der Waals surface area contributed by atoms with E-state index < -0.39 is 5.41 Å². The largest absolute Gasteiger partial charge is 0.342 e. The highest BCUT2D eigenvalue weighted by atomic mass is 16.2. The summed E-state index contributed by atoms with van der Waals surface area (Å²) in [5, 5.41) is 0. The van der Waals surface area contributed by atoms with Crippen molar-refractivity contribution in [1.29, 1.82) is 0 Å². The summed E-state index contributed by atoms with van der Waals surface area (Å²) < 4.78 is 2.10. The lowest BCUT2D eigenvalue weighted by Gasteiger charge is -2.42. The number of rotatable bonds is 6. The maximum Gasteiger partial charge on any atom is 0.231 e. The Kier molecular flexibility index (Phi) is 5.56. The molecule has 1 aromatic carbocycles. The number of carbonyl (C=O) groups excluding carboxylic acids is 2. The van der Waals surface area contributed by atoms with Crippen LogP contribution in [-0.4, -0.2) is 57.3 Å². The number of amides is 2. The minimum atomic E-state index is -0.546. The molecule has 2 saturated heterocycles. The molecule has 2 aromatic rings. The molecule has 6 nitrogen and oxygen atoms in total. The molecule has 1 aromatic heterocycles. The zero-order valence-corrected chi connectivity index (χ0v) is 19.2. The molecule has 170 valence electrons. The Morgan fingerprint density at radius 1 is 1.22 bits per heavy atom. The van der Waals surface area contributed by atoms with Crippen molar-refractivity contribution in [3.8, 4) is 0 Å². The molecule has 1 aliphatic carbocycles. The van der Waals surface area contributed by atoms with Crippen molar-refractivity contribution >= 4 is 11.8 Å². The normalized spacial score (nSPS) is 25.8. The van der Waals surface area contributed by atoms with Crippen molar-refractivity contribution in [2.45, 2.75) is 57.9 Å². The molecule has 6 heteroatoms. The van der Waals surface area contributed by atoms with Gasteiger partial charge >= 0.3 is 0 Å². The van der Waals surface area contributed by atoms with E-state index in [1.54, 1.807) is 0 Å². The first kappa shape index (κ1) is 21.2. The molecular formula is C26H34N4O2. The van der Waals surface area contributed by atoms with Gasteiger partial charge in [0.05, 0.1) is 23.9 Å². The fourth-order valence-corrected chi connectivity index (χ4v) is 5.54. The van der Waals surface area contributed by atoms with Gasteiger partial charge in [0.1, 0.15) is 0 Å². The molecule has 1 saturated carbocycles. The predicted octanol–water partition coefficient (Wildman–Crippen LogP) is 3.65. The topological polar surface area (TPSA) is 58.4 Å². The van der Waals surface area contributed by atoms with Crippen LogP contribution in [0.3, 0.4) is 0 Å². The Hall–Kier alpha value is -2.63. The van der Waals surface area contributed by atoms with Gasteiger partial charge in [-0.1, -0.05) is 30.3 Å². The van der Waals surface area contributed by atoms with Crippen LogP contribution in [0, 0.1) is 11.3 Å². The molecule has 0 N–H and O–H groups in total. The van der Waals surface area contributed by atoms with E-state index in [4.69, 9.17) is 4.98 Å². The van der Waals surface area contributed by atoms with Crippen molar-refractivity contribution in [2.24, 2.45) is 11.3 Å². The first-order valence-electron chi connectivity index (χ1n) is 12.1. The third-order valence-corrected chi connectivity index (χ3v) is 7.61. The highest BCUT2D eigenvalue weighted by Crippen LogP contribution is 2.49. The van der Waals surface area contributed by atoms with Gasteiger partial charge in [0, 0.05) is 44.3 Å². The number of hydrogen-bond donors (Lipinski definition) is 0. The average molecular weight is 435 g/mol. The third kappa shape index (κ3) is 3.96. The van der Waals surface area contributed by atoms with Crippen LogP contribution in [0.15, 0.2) is 42.9 Å². The summed E-state index contributed by atoms with van der Waals surface area (Å²) in [5.41, 5.74) is 1.43. The molecular weight excluding hydrogens is 400 g/mol. The number of benzene rings is 1. The number of piperidine rings is 1. The Bertz CT molecular complexity index is 981. The van der Waals surface area contributed by atoms with Crippen LogP contribution in [0.25, 0.3) is 0 Å². The van der Waals surface area contributed by atoms with Crippen LogP contribution in [0.5, 0.6) is 0 Å². The fraction of sp³-hybridized carbons (Fsp3) is 0.577. The van der Waals surface area contributed by atoms with Crippen LogP contribution in [-0.2, 0) is 16.0 Å². The molecule has 32 heavy (non-hydrogen) atoms.